The van der Waals surface area contributed by atoms with Gasteiger partial charge in [-0.25, -0.2) is 14.4 Å². The van der Waals surface area contributed by atoms with Crippen molar-refractivity contribution < 1.29 is 27.8 Å². The van der Waals surface area contributed by atoms with Crippen LogP contribution in [0.4, 0.5) is 24.7 Å². The third-order valence-corrected chi connectivity index (χ3v) is 6.88. The molecule has 0 saturated heterocycles. The Morgan fingerprint density at radius 1 is 1.22 bits per heavy atom. The summed E-state index contributed by atoms with van der Waals surface area (Å²) in [4.78, 5) is 23.3. The summed E-state index contributed by atoms with van der Waals surface area (Å²) in [7, 11) is 3.11. The average Bonchev–Trinajstić information content (AvgIpc) is 2.98. The number of fused-ring (bicyclic) bond motifs is 2. The van der Waals surface area contributed by atoms with Gasteiger partial charge in [-0.15, -0.1) is 0 Å². The van der Waals surface area contributed by atoms with Crippen LogP contribution in [0.1, 0.15) is 56.3 Å². The molecule has 0 radical (unpaired) electrons. The lowest BCUT2D eigenvalue weighted by Gasteiger charge is -2.30. The monoisotopic (exact) mass is 502 g/mol. The zero-order valence-corrected chi connectivity index (χ0v) is 21.2. The standard InChI is InChI=1S/C26H29F3N4O3/c1-13(15-9-8-10-17(21(15)27)26(28,29)24(3,4)35)30-22-16-11-18-20(12-19(16)31-14(2)32-22)33(6)23(34)25(18,5)36-7/h8-13,35H,1-7H3,(H,30,31,32)/t13-,25-/m1/s1. The number of carbonyl (C=O) groups is 1. The number of aliphatic hydroxyl groups is 1. The van der Waals surface area contributed by atoms with Crippen molar-refractivity contribution in [3.63, 3.8) is 0 Å². The minimum absolute atomic E-state index is 0.0151. The van der Waals surface area contributed by atoms with Gasteiger partial charge in [0.2, 0.25) is 0 Å². The maximum absolute atomic E-state index is 15.3. The summed E-state index contributed by atoms with van der Waals surface area (Å²) in [6.07, 6.45) is 0. The predicted octanol–water partition coefficient (Wildman–Crippen LogP) is 4.95. The number of aryl methyl sites for hydroxylation is 1. The molecule has 0 aliphatic carbocycles. The molecule has 36 heavy (non-hydrogen) atoms. The van der Waals surface area contributed by atoms with Gasteiger partial charge in [0, 0.05) is 30.7 Å². The number of ether oxygens (including phenoxy) is 1. The first kappa shape index (κ1) is 25.8. The molecule has 1 aromatic heterocycles. The fourth-order valence-electron chi connectivity index (χ4n) is 4.53. The molecule has 0 unspecified atom stereocenters. The highest BCUT2D eigenvalue weighted by molar-refractivity contribution is 6.09. The van der Waals surface area contributed by atoms with Gasteiger partial charge in [0.1, 0.15) is 23.1 Å². The minimum Gasteiger partial charge on any atom is -0.384 e. The summed E-state index contributed by atoms with van der Waals surface area (Å²) in [6, 6.07) is 6.46. The van der Waals surface area contributed by atoms with Crippen LogP contribution in [0.15, 0.2) is 30.3 Å². The van der Waals surface area contributed by atoms with Gasteiger partial charge in [-0.3, -0.25) is 4.79 Å². The van der Waals surface area contributed by atoms with E-state index in [0.717, 1.165) is 19.9 Å². The first-order valence-electron chi connectivity index (χ1n) is 11.4. The number of aromatic nitrogens is 2. The number of likely N-dealkylation sites (N-methyl/N-ethyl adjacent to an activating group) is 1. The van der Waals surface area contributed by atoms with Crippen molar-refractivity contribution in [1.29, 1.82) is 0 Å². The van der Waals surface area contributed by atoms with Gasteiger partial charge < -0.3 is 20.1 Å². The van der Waals surface area contributed by atoms with Crippen LogP contribution in [0.5, 0.6) is 0 Å². The third kappa shape index (κ3) is 3.79. The number of hydrogen-bond donors (Lipinski definition) is 2. The smallest absolute Gasteiger partial charge is 0.303 e. The van der Waals surface area contributed by atoms with Crippen LogP contribution >= 0.6 is 0 Å². The van der Waals surface area contributed by atoms with Crippen molar-refractivity contribution in [3.8, 4) is 0 Å². The first-order chi connectivity index (χ1) is 16.6. The van der Waals surface area contributed by atoms with E-state index in [9.17, 15) is 18.7 Å². The van der Waals surface area contributed by atoms with E-state index in [4.69, 9.17) is 4.74 Å². The van der Waals surface area contributed by atoms with Crippen LogP contribution in [0.2, 0.25) is 0 Å². The van der Waals surface area contributed by atoms with E-state index in [1.807, 2.05) is 0 Å². The Kier molecular flexibility index (Phi) is 6.04. The van der Waals surface area contributed by atoms with E-state index in [-0.39, 0.29) is 11.5 Å². The van der Waals surface area contributed by atoms with Gasteiger partial charge in [-0.1, -0.05) is 12.1 Å². The largest absolute Gasteiger partial charge is 0.384 e. The molecule has 1 aliphatic rings. The number of halogens is 3. The van der Waals surface area contributed by atoms with Crippen molar-refractivity contribution in [2.24, 2.45) is 0 Å². The Morgan fingerprint density at radius 3 is 2.50 bits per heavy atom. The highest BCUT2D eigenvalue weighted by Gasteiger charge is 2.49. The highest BCUT2D eigenvalue weighted by Crippen LogP contribution is 2.45. The Hall–Kier alpha value is -3.24. The summed E-state index contributed by atoms with van der Waals surface area (Å²) in [6.45, 7) is 6.87. The molecule has 1 aliphatic heterocycles. The third-order valence-electron chi connectivity index (χ3n) is 6.88. The summed E-state index contributed by atoms with van der Waals surface area (Å²) < 4.78 is 50.5. The van der Waals surface area contributed by atoms with E-state index >= 15 is 4.39 Å². The lowest BCUT2D eigenvalue weighted by atomic mass is 9.91. The van der Waals surface area contributed by atoms with E-state index in [1.165, 1.54) is 24.1 Å². The van der Waals surface area contributed by atoms with Crippen LogP contribution in [0.3, 0.4) is 0 Å². The molecular formula is C26H29F3N4O3. The van der Waals surface area contributed by atoms with Crippen LogP contribution < -0.4 is 10.2 Å². The molecule has 2 atom stereocenters. The van der Waals surface area contributed by atoms with Gasteiger partial charge in [-0.05, 0) is 52.8 Å². The van der Waals surface area contributed by atoms with Crippen molar-refractivity contribution >= 4 is 28.3 Å². The highest BCUT2D eigenvalue weighted by atomic mass is 19.3. The fourth-order valence-corrected chi connectivity index (χ4v) is 4.53. The maximum Gasteiger partial charge on any atom is 0.303 e. The van der Waals surface area contributed by atoms with Crippen LogP contribution in [-0.4, -0.2) is 40.7 Å². The molecule has 192 valence electrons. The van der Waals surface area contributed by atoms with E-state index in [1.54, 1.807) is 40.0 Å². The fraction of sp³-hybridized carbons (Fsp3) is 0.423. The van der Waals surface area contributed by atoms with E-state index in [0.29, 0.717) is 33.8 Å². The molecular weight excluding hydrogens is 473 g/mol. The molecule has 2 aromatic carbocycles. The molecule has 2 N–H and O–H groups in total. The molecule has 0 fully saturated rings. The van der Waals surface area contributed by atoms with Crippen molar-refractivity contribution in [1.82, 2.24) is 9.97 Å². The number of nitrogens with one attached hydrogen (secondary N) is 1. The van der Waals surface area contributed by atoms with Gasteiger partial charge >= 0.3 is 5.92 Å². The van der Waals surface area contributed by atoms with Crippen molar-refractivity contribution in [3.05, 3.63) is 58.7 Å². The zero-order valence-electron chi connectivity index (χ0n) is 21.2. The Bertz CT molecular complexity index is 1370. The van der Waals surface area contributed by atoms with Crippen LogP contribution in [0.25, 0.3) is 10.9 Å². The lowest BCUT2D eigenvalue weighted by Crippen LogP contribution is -2.41. The predicted molar refractivity (Wildman–Crippen MR) is 131 cm³/mol. The van der Waals surface area contributed by atoms with Gasteiger partial charge in [0.25, 0.3) is 5.91 Å². The first-order valence-corrected chi connectivity index (χ1v) is 11.4. The summed E-state index contributed by atoms with van der Waals surface area (Å²) in [5, 5.41) is 13.6. The van der Waals surface area contributed by atoms with Gasteiger partial charge in [0.05, 0.1) is 22.8 Å². The normalized spacial score (nSPS) is 19.1. The number of rotatable bonds is 6. The topological polar surface area (TPSA) is 87.6 Å². The second-order valence-corrected chi connectivity index (χ2v) is 9.82. The molecule has 2 heterocycles. The number of carbonyl (C=O) groups excluding carboxylic acids is 1. The Morgan fingerprint density at radius 2 is 1.89 bits per heavy atom. The lowest BCUT2D eigenvalue weighted by molar-refractivity contribution is -0.170. The second kappa shape index (κ2) is 8.41. The molecule has 0 spiro atoms. The zero-order chi connectivity index (χ0) is 26.8. The van der Waals surface area contributed by atoms with Gasteiger partial charge in [-0.2, -0.15) is 8.78 Å². The summed E-state index contributed by atoms with van der Waals surface area (Å²) in [5.74, 6) is -4.36. The Balaban J connectivity index is 1.81. The number of hydrogen-bond acceptors (Lipinski definition) is 6. The van der Waals surface area contributed by atoms with E-state index in [2.05, 4.69) is 15.3 Å². The van der Waals surface area contributed by atoms with E-state index < -0.39 is 34.5 Å². The minimum atomic E-state index is -3.81. The molecule has 4 rings (SSSR count). The molecule has 10 heteroatoms. The van der Waals surface area contributed by atoms with Crippen molar-refractivity contribution in [2.45, 2.75) is 57.8 Å². The maximum atomic E-state index is 15.3. The molecule has 7 nitrogen and oxygen atoms in total. The Labute approximate surface area is 207 Å². The SMILES string of the molecule is CO[C@@]1(C)C(=O)N(C)c2cc3nc(C)nc(N[C@H](C)c4cccc(C(F)(F)C(C)(C)O)c4F)c3cc21. The van der Waals surface area contributed by atoms with Crippen LogP contribution in [0, 0.1) is 12.7 Å². The second-order valence-electron chi connectivity index (χ2n) is 9.82. The quantitative estimate of drug-likeness (QED) is 0.496. The number of methoxy groups -OCH3 is 1. The van der Waals surface area contributed by atoms with Gasteiger partial charge in [0.15, 0.2) is 5.60 Å². The number of anilines is 2. The number of nitrogens with zero attached hydrogens (tertiary/aromatic N) is 3. The summed E-state index contributed by atoms with van der Waals surface area (Å²) >= 11 is 0. The van der Waals surface area contributed by atoms with Crippen LogP contribution in [-0.2, 0) is 21.1 Å². The molecule has 0 saturated carbocycles. The van der Waals surface area contributed by atoms with Crippen molar-refractivity contribution in [2.75, 3.05) is 24.4 Å². The summed E-state index contributed by atoms with van der Waals surface area (Å²) in [5.41, 5.74) is -2.72. The molecule has 1 amide bonds. The molecule has 0 bridgehead atoms. The number of benzene rings is 2. The average molecular weight is 503 g/mol. The number of alkyl halides is 2. The molecule has 3 aromatic rings. The number of amides is 1.